The lowest BCUT2D eigenvalue weighted by molar-refractivity contribution is -0.139. The molecule has 0 saturated carbocycles. The maximum absolute atomic E-state index is 13.1. The van der Waals surface area contributed by atoms with Crippen molar-refractivity contribution in [3.63, 3.8) is 0 Å². The van der Waals surface area contributed by atoms with Crippen molar-refractivity contribution in [2.75, 3.05) is 27.9 Å². The Balaban J connectivity index is 2.20. The number of rotatable bonds is 8. The van der Waals surface area contributed by atoms with E-state index in [-0.39, 0.29) is 11.3 Å². The molecule has 1 unspecified atom stereocenters. The number of aryl methyl sites for hydroxylation is 1. The maximum atomic E-state index is 13.1. The number of likely N-dealkylation sites (tertiary alicyclic amines) is 1. The number of methoxy groups -OCH3 is 3. The smallest absolute Gasteiger partial charge is 0.295 e. The van der Waals surface area contributed by atoms with Gasteiger partial charge in [-0.2, -0.15) is 0 Å². The summed E-state index contributed by atoms with van der Waals surface area (Å²) in [4.78, 5) is 27.5. The Morgan fingerprint density at radius 3 is 2.22 bits per heavy atom. The Kier molecular flexibility index (Phi) is 7.08. The molecule has 0 aromatic heterocycles. The Bertz CT molecular complexity index is 1060. The van der Waals surface area contributed by atoms with Gasteiger partial charge < -0.3 is 24.2 Å². The number of hydrogen-bond acceptors (Lipinski definition) is 6. The first-order valence-corrected chi connectivity index (χ1v) is 10.5. The van der Waals surface area contributed by atoms with Gasteiger partial charge >= 0.3 is 0 Å². The summed E-state index contributed by atoms with van der Waals surface area (Å²) in [6.45, 7) is 4.27. The first-order valence-electron chi connectivity index (χ1n) is 10.5. The summed E-state index contributed by atoms with van der Waals surface area (Å²) in [6.07, 6.45) is 1.60. The zero-order valence-electron chi connectivity index (χ0n) is 19.1. The molecule has 170 valence electrons. The molecule has 2 aromatic carbocycles. The van der Waals surface area contributed by atoms with Crippen LogP contribution in [0.1, 0.15) is 42.5 Å². The Morgan fingerprint density at radius 2 is 1.62 bits per heavy atom. The number of aliphatic hydroxyl groups excluding tert-OH is 1. The van der Waals surface area contributed by atoms with Crippen LogP contribution in [0.25, 0.3) is 5.76 Å². The highest BCUT2D eigenvalue weighted by atomic mass is 16.5. The molecule has 3 rings (SSSR count). The van der Waals surface area contributed by atoms with Crippen molar-refractivity contribution in [2.24, 2.45) is 0 Å². The fourth-order valence-electron chi connectivity index (χ4n) is 3.99. The van der Waals surface area contributed by atoms with Crippen molar-refractivity contribution >= 4 is 17.4 Å². The molecule has 1 saturated heterocycles. The van der Waals surface area contributed by atoms with E-state index in [1.54, 1.807) is 43.5 Å². The number of ketones is 1. The van der Waals surface area contributed by atoms with Crippen LogP contribution in [0.3, 0.4) is 0 Å². The Morgan fingerprint density at radius 1 is 0.969 bits per heavy atom. The highest BCUT2D eigenvalue weighted by molar-refractivity contribution is 6.46. The van der Waals surface area contributed by atoms with E-state index in [4.69, 9.17) is 14.2 Å². The van der Waals surface area contributed by atoms with Crippen LogP contribution in [0, 0.1) is 6.92 Å². The molecule has 2 aromatic rings. The van der Waals surface area contributed by atoms with E-state index in [2.05, 4.69) is 0 Å². The van der Waals surface area contributed by atoms with E-state index in [0.29, 0.717) is 34.9 Å². The number of carbonyl (C=O) groups excluding carboxylic acids is 2. The fraction of sp³-hybridized carbons (Fsp3) is 0.360. The minimum Gasteiger partial charge on any atom is -0.507 e. The first kappa shape index (κ1) is 23.2. The van der Waals surface area contributed by atoms with Crippen LogP contribution in [0.5, 0.6) is 17.2 Å². The van der Waals surface area contributed by atoms with Gasteiger partial charge in [-0.1, -0.05) is 19.4 Å². The molecule has 1 fully saturated rings. The zero-order valence-corrected chi connectivity index (χ0v) is 19.1. The largest absolute Gasteiger partial charge is 0.507 e. The van der Waals surface area contributed by atoms with Crippen LogP contribution in [-0.2, 0) is 9.59 Å². The van der Waals surface area contributed by atoms with E-state index in [0.717, 1.165) is 18.4 Å². The lowest BCUT2D eigenvalue weighted by Gasteiger charge is -2.26. The molecular formula is C25H29NO6. The number of unbranched alkanes of at least 4 members (excludes halogenated alkanes) is 1. The van der Waals surface area contributed by atoms with Crippen molar-refractivity contribution in [3.8, 4) is 17.2 Å². The van der Waals surface area contributed by atoms with Gasteiger partial charge in [0, 0.05) is 12.1 Å². The standard InChI is InChI=1S/C25H29NO6/c1-6-7-12-26-22(16-8-11-19(31-4)20(14-16)32-5)21(24(28)25(26)29)23(27)17-9-10-18(30-3)15(2)13-17/h8-11,13-14,22,27H,6-7,12H2,1-5H3/b23-21-. The van der Waals surface area contributed by atoms with E-state index < -0.39 is 17.7 Å². The van der Waals surface area contributed by atoms with Crippen LogP contribution in [0.15, 0.2) is 42.0 Å². The second-order valence-corrected chi connectivity index (χ2v) is 7.64. The molecule has 0 bridgehead atoms. The SMILES string of the molecule is CCCCN1C(=O)C(=O)/C(=C(\O)c2ccc(OC)c(C)c2)C1c1ccc(OC)c(OC)c1. The predicted octanol–water partition coefficient (Wildman–Crippen LogP) is 4.24. The van der Waals surface area contributed by atoms with Gasteiger partial charge in [-0.05, 0) is 54.8 Å². The number of hydrogen-bond donors (Lipinski definition) is 1. The third kappa shape index (κ3) is 4.15. The molecule has 1 aliphatic rings. The number of Topliss-reactive ketones (excluding diaryl/α,β-unsaturated/α-hetero) is 1. The van der Waals surface area contributed by atoms with Crippen LogP contribution in [-0.4, -0.2) is 49.6 Å². The third-order valence-electron chi connectivity index (χ3n) is 5.68. The molecule has 0 radical (unpaired) electrons. The van der Waals surface area contributed by atoms with Crippen molar-refractivity contribution in [2.45, 2.75) is 32.7 Å². The van der Waals surface area contributed by atoms with Crippen molar-refractivity contribution in [3.05, 3.63) is 58.7 Å². The molecule has 7 heteroatoms. The minimum atomic E-state index is -0.733. The summed E-state index contributed by atoms with van der Waals surface area (Å²) in [5.74, 6) is 0.144. The molecule has 32 heavy (non-hydrogen) atoms. The van der Waals surface area contributed by atoms with Crippen LogP contribution < -0.4 is 14.2 Å². The normalized spacial score (nSPS) is 17.5. The number of amides is 1. The number of carbonyl (C=O) groups is 2. The van der Waals surface area contributed by atoms with Gasteiger partial charge in [-0.15, -0.1) is 0 Å². The average molecular weight is 440 g/mol. The third-order valence-corrected chi connectivity index (χ3v) is 5.68. The van der Waals surface area contributed by atoms with Crippen molar-refractivity contribution in [1.29, 1.82) is 0 Å². The monoisotopic (exact) mass is 439 g/mol. The summed E-state index contributed by atoms with van der Waals surface area (Å²) in [5, 5.41) is 11.2. The minimum absolute atomic E-state index is 0.0582. The van der Waals surface area contributed by atoms with Crippen LogP contribution in [0.4, 0.5) is 0 Å². The molecule has 1 atom stereocenters. The number of ether oxygens (including phenoxy) is 3. The second kappa shape index (κ2) is 9.77. The predicted molar refractivity (Wildman–Crippen MR) is 121 cm³/mol. The summed E-state index contributed by atoms with van der Waals surface area (Å²) < 4.78 is 16.0. The molecule has 7 nitrogen and oxygen atoms in total. The summed E-state index contributed by atoms with van der Waals surface area (Å²) in [5.41, 5.74) is 1.97. The molecular weight excluding hydrogens is 410 g/mol. The van der Waals surface area contributed by atoms with Gasteiger partial charge in [0.2, 0.25) is 0 Å². The summed E-state index contributed by atoms with van der Waals surface area (Å²) >= 11 is 0. The van der Waals surface area contributed by atoms with Crippen LogP contribution in [0.2, 0.25) is 0 Å². The molecule has 0 spiro atoms. The van der Waals surface area contributed by atoms with Gasteiger partial charge in [0.1, 0.15) is 11.5 Å². The topological polar surface area (TPSA) is 85.3 Å². The zero-order chi connectivity index (χ0) is 23.4. The summed E-state index contributed by atoms with van der Waals surface area (Å²) in [6, 6.07) is 9.65. The maximum Gasteiger partial charge on any atom is 0.295 e. The lowest BCUT2D eigenvalue weighted by Crippen LogP contribution is -2.30. The van der Waals surface area contributed by atoms with Gasteiger partial charge in [-0.25, -0.2) is 0 Å². The Hall–Kier alpha value is -3.48. The molecule has 1 amide bonds. The Labute approximate surface area is 188 Å². The van der Waals surface area contributed by atoms with Crippen molar-refractivity contribution < 1.29 is 28.9 Å². The number of aliphatic hydroxyl groups is 1. The second-order valence-electron chi connectivity index (χ2n) is 7.64. The number of nitrogens with zero attached hydrogens (tertiary/aromatic N) is 1. The molecule has 1 N–H and O–H groups in total. The van der Waals surface area contributed by atoms with E-state index in [1.807, 2.05) is 13.8 Å². The first-order chi connectivity index (χ1) is 15.4. The van der Waals surface area contributed by atoms with Gasteiger partial charge in [0.05, 0.1) is 32.9 Å². The quantitative estimate of drug-likeness (QED) is 0.376. The highest BCUT2D eigenvalue weighted by Crippen LogP contribution is 2.42. The lowest BCUT2D eigenvalue weighted by atomic mass is 9.94. The van der Waals surface area contributed by atoms with Crippen molar-refractivity contribution in [1.82, 2.24) is 4.90 Å². The van der Waals surface area contributed by atoms with Gasteiger partial charge in [0.25, 0.3) is 11.7 Å². The van der Waals surface area contributed by atoms with Gasteiger partial charge in [0.15, 0.2) is 11.5 Å². The average Bonchev–Trinajstić information content (AvgIpc) is 3.06. The molecule has 1 heterocycles. The number of benzene rings is 2. The molecule has 1 aliphatic heterocycles. The van der Waals surface area contributed by atoms with Crippen LogP contribution >= 0.6 is 0 Å². The highest BCUT2D eigenvalue weighted by Gasteiger charge is 2.46. The fourth-order valence-corrected chi connectivity index (χ4v) is 3.99. The van der Waals surface area contributed by atoms with Gasteiger partial charge in [-0.3, -0.25) is 9.59 Å². The summed E-state index contributed by atoms with van der Waals surface area (Å²) in [7, 11) is 4.63. The van der Waals surface area contributed by atoms with E-state index >= 15 is 0 Å². The van der Waals surface area contributed by atoms with E-state index in [9.17, 15) is 14.7 Å². The molecule has 0 aliphatic carbocycles. The van der Waals surface area contributed by atoms with E-state index in [1.165, 1.54) is 19.1 Å².